The Bertz CT molecular complexity index is 527. The maximum atomic E-state index is 6.09. The summed E-state index contributed by atoms with van der Waals surface area (Å²) in [6, 6.07) is 5.92. The third-order valence-corrected chi connectivity index (χ3v) is 4.73. The molecule has 0 saturated carbocycles. The molecule has 0 amide bonds. The molecular weight excluding hydrogens is 332 g/mol. The first-order valence-electron chi connectivity index (χ1n) is 5.81. The van der Waals surface area contributed by atoms with Crippen molar-refractivity contribution in [3.8, 4) is 10.6 Å². The Hall–Kier alpha value is -0.420. The van der Waals surface area contributed by atoms with Gasteiger partial charge in [0.05, 0.1) is 5.02 Å². The summed E-state index contributed by atoms with van der Waals surface area (Å²) in [5.41, 5.74) is 1.06. The number of hydrogen-bond donors (Lipinski definition) is 1. The molecule has 2 aromatic rings. The highest BCUT2D eigenvalue weighted by Gasteiger charge is 2.06. The first-order valence-corrected chi connectivity index (χ1v) is 7.80. The monoisotopic (exact) mass is 344 g/mol. The number of aromatic nitrogens is 1. The molecule has 2 nitrogen and oxygen atoms in total. The lowest BCUT2D eigenvalue weighted by molar-refractivity contribution is 0.681. The van der Waals surface area contributed by atoms with Crippen LogP contribution in [0.15, 0.2) is 28.9 Å². The van der Waals surface area contributed by atoms with Crippen LogP contribution in [-0.2, 0) is 6.54 Å². The maximum absolute atomic E-state index is 6.09. The minimum absolute atomic E-state index is 0.716. The average molecular weight is 346 g/mol. The summed E-state index contributed by atoms with van der Waals surface area (Å²) in [6.45, 7) is 4.09. The highest BCUT2D eigenvalue weighted by atomic mass is 79.9. The van der Waals surface area contributed by atoms with Crippen LogP contribution < -0.4 is 5.32 Å². The predicted octanol–water partition coefficient (Wildman–Crippen LogP) is 4.73. The molecule has 0 atom stereocenters. The normalized spacial score (nSPS) is 10.8. The minimum Gasteiger partial charge on any atom is -0.312 e. The smallest absolute Gasteiger partial charge is 0.123 e. The van der Waals surface area contributed by atoms with Crippen molar-refractivity contribution in [2.75, 3.05) is 6.54 Å². The molecule has 5 heteroatoms. The lowest BCUT2D eigenvalue weighted by Gasteiger charge is -2.00. The molecule has 2 rings (SSSR count). The molecule has 0 aliphatic carbocycles. The van der Waals surface area contributed by atoms with Gasteiger partial charge in [-0.05, 0) is 41.0 Å². The highest BCUT2D eigenvalue weighted by Crippen LogP contribution is 2.31. The molecule has 0 fully saturated rings. The molecule has 1 N–H and O–H groups in total. The van der Waals surface area contributed by atoms with Crippen LogP contribution in [0.4, 0.5) is 0 Å². The van der Waals surface area contributed by atoms with E-state index in [1.165, 1.54) is 4.88 Å². The summed E-state index contributed by atoms with van der Waals surface area (Å²) in [6.07, 6.45) is 3.08. The van der Waals surface area contributed by atoms with E-state index in [4.69, 9.17) is 11.6 Å². The predicted molar refractivity (Wildman–Crippen MR) is 82.3 cm³/mol. The molecule has 0 unspecified atom stereocenters. The summed E-state index contributed by atoms with van der Waals surface area (Å²) in [5, 5.41) is 5.10. The van der Waals surface area contributed by atoms with E-state index in [1.807, 2.05) is 24.4 Å². The van der Waals surface area contributed by atoms with Gasteiger partial charge in [0.2, 0.25) is 0 Å². The first-order chi connectivity index (χ1) is 8.70. The summed E-state index contributed by atoms with van der Waals surface area (Å²) in [7, 11) is 0. The third kappa shape index (κ3) is 3.54. The summed E-state index contributed by atoms with van der Waals surface area (Å²) >= 11 is 11.2. The van der Waals surface area contributed by atoms with Gasteiger partial charge in [-0.3, -0.25) is 0 Å². The van der Waals surface area contributed by atoms with Gasteiger partial charge in [0.15, 0.2) is 0 Å². The van der Waals surface area contributed by atoms with E-state index in [0.717, 1.165) is 34.6 Å². The zero-order valence-corrected chi connectivity index (χ0v) is 13.2. The number of benzene rings is 1. The van der Waals surface area contributed by atoms with E-state index >= 15 is 0 Å². The second-order valence-electron chi connectivity index (χ2n) is 3.94. The van der Waals surface area contributed by atoms with Crippen LogP contribution in [0.2, 0.25) is 5.02 Å². The van der Waals surface area contributed by atoms with Crippen molar-refractivity contribution < 1.29 is 0 Å². The van der Waals surface area contributed by atoms with E-state index in [2.05, 4.69) is 33.2 Å². The molecule has 0 aliphatic rings. The van der Waals surface area contributed by atoms with Crippen molar-refractivity contribution in [2.45, 2.75) is 19.9 Å². The van der Waals surface area contributed by atoms with Gasteiger partial charge in [0.25, 0.3) is 0 Å². The largest absolute Gasteiger partial charge is 0.312 e. The number of nitrogens with zero attached hydrogens (tertiary/aromatic N) is 1. The fraction of sp³-hybridized carbons (Fsp3) is 0.308. The van der Waals surface area contributed by atoms with Crippen molar-refractivity contribution >= 4 is 38.9 Å². The fourth-order valence-electron chi connectivity index (χ4n) is 1.54. The summed E-state index contributed by atoms with van der Waals surface area (Å²) in [5.74, 6) is 0. The molecule has 0 radical (unpaired) electrons. The molecule has 18 heavy (non-hydrogen) atoms. The molecule has 0 saturated heterocycles. The Balaban J connectivity index is 2.11. The Morgan fingerprint density at radius 2 is 2.28 bits per heavy atom. The molecule has 1 aromatic heterocycles. The van der Waals surface area contributed by atoms with E-state index in [1.54, 1.807) is 11.3 Å². The quantitative estimate of drug-likeness (QED) is 0.793. The molecule has 0 bridgehead atoms. The van der Waals surface area contributed by atoms with Crippen molar-refractivity contribution in [3.05, 3.63) is 38.8 Å². The van der Waals surface area contributed by atoms with Gasteiger partial charge < -0.3 is 5.32 Å². The number of thiazole rings is 1. The second kappa shape index (κ2) is 6.66. The van der Waals surface area contributed by atoms with Crippen molar-refractivity contribution in [3.63, 3.8) is 0 Å². The van der Waals surface area contributed by atoms with Gasteiger partial charge in [-0.25, -0.2) is 4.98 Å². The zero-order chi connectivity index (χ0) is 13.0. The molecule has 96 valence electrons. The van der Waals surface area contributed by atoms with E-state index in [9.17, 15) is 0 Å². The van der Waals surface area contributed by atoms with Gasteiger partial charge in [-0.15, -0.1) is 11.3 Å². The average Bonchev–Trinajstić information content (AvgIpc) is 2.82. The van der Waals surface area contributed by atoms with Crippen molar-refractivity contribution in [1.29, 1.82) is 0 Å². The Kier molecular flexibility index (Phi) is 5.18. The van der Waals surface area contributed by atoms with Gasteiger partial charge in [-0.1, -0.05) is 24.6 Å². The van der Waals surface area contributed by atoms with Crippen LogP contribution in [0.1, 0.15) is 18.2 Å². The van der Waals surface area contributed by atoms with Crippen LogP contribution >= 0.6 is 38.9 Å². The zero-order valence-electron chi connectivity index (χ0n) is 10.0. The van der Waals surface area contributed by atoms with E-state index in [0.29, 0.717) is 5.02 Å². The maximum Gasteiger partial charge on any atom is 0.123 e. The third-order valence-electron chi connectivity index (χ3n) is 2.45. The number of nitrogens with one attached hydrogen (secondary N) is 1. The van der Waals surface area contributed by atoms with Gasteiger partial charge in [0, 0.05) is 27.7 Å². The molecule has 1 aromatic carbocycles. The summed E-state index contributed by atoms with van der Waals surface area (Å²) in [4.78, 5) is 5.69. The van der Waals surface area contributed by atoms with Crippen LogP contribution in [0.25, 0.3) is 10.6 Å². The highest BCUT2D eigenvalue weighted by molar-refractivity contribution is 9.10. The van der Waals surface area contributed by atoms with Crippen molar-refractivity contribution in [2.24, 2.45) is 0 Å². The van der Waals surface area contributed by atoms with Gasteiger partial charge in [-0.2, -0.15) is 0 Å². The van der Waals surface area contributed by atoms with Crippen LogP contribution in [0.3, 0.4) is 0 Å². The minimum atomic E-state index is 0.716. The van der Waals surface area contributed by atoms with E-state index < -0.39 is 0 Å². The topological polar surface area (TPSA) is 24.9 Å². The van der Waals surface area contributed by atoms with Crippen LogP contribution in [-0.4, -0.2) is 11.5 Å². The second-order valence-corrected chi connectivity index (χ2v) is 6.31. The van der Waals surface area contributed by atoms with E-state index in [-0.39, 0.29) is 0 Å². The standard InChI is InChI=1S/C13H14BrClN2S/c1-2-5-16-7-10-8-17-13(18-10)9-3-4-11(14)12(15)6-9/h3-4,6,8,16H,2,5,7H2,1H3. The Labute approximate surface area is 125 Å². The Morgan fingerprint density at radius 3 is 3.00 bits per heavy atom. The fourth-order valence-corrected chi connectivity index (χ4v) is 2.85. The van der Waals surface area contributed by atoms with Crippen molar-refractivity contribution in [1.82, 2.24) is 10.3 Å². The SMILES string of the molecule is CCCNCc1cnc(-c2ccc(Br)c(Cl)c2)s1. The molecular formula is C13H14BrClN2S. The molecule has 0 spiro atoms. The number of rotatable bonds is 5. The first kappa shape index (κ1) is 14.0. The van der Waals surface area contributed by atoms with Crippen LogP contribution in [0.5, 0.6) is 0 Å². The van der Waals surface area contributed by atoms with Gasteiger partial charge >= 0.3 is 0 Å². The number of hydrogen-bond acceptors (Lipinski definition) is 3. The van der Waals surface area contributed by atoms with Gasteiger partial charge in [0.1, 0.15) is 5.01 Å². The lowest BCUT2D eigenvalue weighted by Crippen LogP contribution is -2.12. The summed E-state index contributed by atoms with van der Waals surface area (Å²) < 4.78 is 0.911. The Morgan fingerprint density at radius 1 is 1.44 bits per heavy atom. The number of halogens is 2. The molecule has 0 aliphatic heterocycles. The molecule has 1 heterocycles. The van der Waals surface area contributed by atoms with Crippen LogP contribution in [0, 0.1) is 0 Å². The lowest BCUT2D eigenvalue weighted by atomic mass is 10.2.